The number of H-pyrrole nitrogens is 1. The van der Waals surface area contributed by atoms with Crippen LogP contribution in [0.1, 0.15) is 36.2 Å². The second-order valence-electron chi connectivity index (χ2n) is 6.86. The molecule has 124 valence electrons. The van der Waals surface area contributed by atoms with E-state index in [0.29, 0.717) is 30.6 Å². The molecule has 1 aromatic heterocycles. The highest BCUT2D eigenvalue weighted by molar-refractivity contribution is 5.92. The van der Waals surface area contributed by atoms with Gasteiger partial charge in [0.05, 0.1) is 6.10 Å². The van der Waals surface area contributed by atoms with Crippen LogP contribution in [0.3, 0.4) is 0 Å². The van der Waals surface area contributed by atoms with E-state index >= 15 is 0 Å². The first-order chi connectivity index (χ1) is 11.2. The summed E-state index contributed by atoms with van der Waals surface area (Å²) in [6.07, 6.45) is 5.29. The van der Waals surface area contributed by atoms with Gasteiger partial charge in [-0.2, -0.15) is 5.10 Å². The predicted octanol–water partition coefficient (Wildman–Crippen LogP) is 0.555. The largest absolute Gasteiger partial charge is 0.363 e. The molecule has 0 unspecified atom stereocenters. The summed E-state index contributed by atoms with van der Waals surface area (Å²) in [4.78, 5) is 26.4. The lowest BCUT2D eigenvalue weighted by atomic mass is 9.91. The molecule has 4 rings (SSSR count). The first kappa shape index (κ1) is 14.7. The summed E-state index contributed by atoms with van der Waals surface area (Å²) in [5, 5.41) is 9.53. The van der Waals surface area contributed by atoms with Gasteiger partial charge in [0.1, 0.15) is 11.8 Å². The van der Waals surface area contributed by atoms with Crippen molar-refractivity contribution >= 4 is 11.8 Å². The molecule has 2 amide bonds. The van der Waals surface area contributed by atoms with E-state index in [-0.39, 0.29) is 24.0 Å². The molecule has 1 saturated carbocycles. The Morgan fingerprint density at radius 2 is 2.26 bits per heavy atom. The smallest absolute Gasteiger partial charge is 0.271 e. The molecule has 3 aliphatic rings. The van der Waals surface area contributed by atoms with Crippen molar-refractivity contribution in [3.05, 3.63) is 18.0 Å². The van der Waals surface area contributed by atoms with Crippen LogP contribution in [-0.2, 0) is 9.53 Å². The number of hydrogen-bond acceptors (Lipinski definition) is 4. The van der Waals surface area contributed by atoms with E-state index in [1.165, 1.54) is 12.8 Å². The molecular formula is C16H22N4O3. The van der Waals surface area contributed by atoms with E-state index in [0.717, 1.165) is 19.4 Å². The highest BCUT2D eigenvalue weighted by Crippen LogP contribution is 2.34. The fourth-order valence-corrected chi connectivity index (χ4v) is 3.51. The van der Waals surface area contributed by atoms with Crippen LogP contribution in [-0.4, -0.2) is 58.8 Å². The number of nitrogens with one attached hydrogen (secondary N) is 2. The minimum atomic E-state index is -0.356. The summed E-state index contributed by atoms with van der Waals surface area (Å²) in [6, 6.07) is 1.68. The van der Waals surface area contributed by atoms with Crippen LogP contribution >= 0.6 is 0 Å². The van der Waals surface area contributed by atoms with Gasteiger partial charge in [-0.3, -0.25) is 14.7 Å². The molecule has 0 bridgehead atoms. The first-order valence-electron chi connectivity index (χ1n) is 8.42. The standard InChI is InChI=1S/C16H22N4O3/c21-15(17-8-10-1-2-10)13-7-11-4-6-20(9-14(11)23-13)16(22)12-3-5-18-19-12/h3,5,10-11,13-14H,1-2,4,6-9H2,(H,17,21)(H,18,19)/t11-,13-,14+/m0/s1. The van der Waals surface area contributed by atoms with Gasteiger partial charge in [-0.15, -0.1) is 0 Å². The van der Waals surface area contributed by atoms with Gasteiger partial charge in [0.25, 0.3) is 5.91 Å². The van der Waals surface area contributed by atoms with E-state index in [2.05, 4.69) is 15.5 Å². The lowest BCUT2D eigenvalue weighted by Crippen LogP contribution is -2.45. The number of piperidine rings is 1. The zero-order valence-corrected chi connectivity index (χ0v) is 13.0. The normalized spacial score (nSPS) is 30.1. The fourth-order valence-electron chi connectivity index (χ4n) is 3.51. The summed E-state index contributed by atoms with van der Waals surface area (Å²) < 4.78 is 5.95. The SMILES string of the molecule is O=C(NCC1CC1)[C@@H]1C[C@@H]2CCN(C(=O)c3ccn[nH]3)C[C@H]2O1. The summed E-state index contributed by atoms with van der Waals surface area (Å²) in [5.41, 5.74) is 0.500. The first-order valence-corrected chi connectivity index (χ1v) is 8.42. The molecule has 0 spiro atoms. The maximum absolute atomic E-state index is 12.4. The van der Waals surface area contributed by atoms with Crippen LogP contribution in [0.15, 0.2) is 12.3 Å². The van der Waals surface area contributed by atoms with Crippen LogP contribution in [0, 0.1) is 11.8 Å². The Morgan fingerprint density at radius 3 is 3.00 bits per heavy atom. The number of likely N-dealkylation sites (tertiary alicyclic amines) is 1. The van der Waals surface area contributed by atoms with Gasteiger partial charge in [-0.05, 0) is 43.6 Å². The number of nitrogens with zero attached hydrogens (tertiary/aromatic N) is 2. The lowest BCUT2D eigenvalue weighted by molar-refractivity contribution is -0.132. The van der Waals surface area contributed by atoms with Crippen molar-refractivity contribution in [1.82, 2.24) is 20.4 Å². The van der Waals surface area contributed by atoms with E-state index in [1.54, 1.807) is 17.2 Å². The molecule has 2 saturated heterocycles. The second kappa shape index (κ2) is 5.96. The number of aromatic amines is 1. The van der Waals surface area contributed by atoms with Gasteiger partial charge < -0.3 is 15.0 Å². The number of fused-ring (bicyclic) bond motifs is 1. The van der Waals surface area contributed by atoms with Crippen molar-refractivity contribution in [3.63, 3.8) is 0 Å². The molecule has 2 aliphatic heterocycles. The Hall–Kier alpha value is -1.89. The van der Waals surface area contributed by atoms with E-state index in [4.69, 9.17) is 4.74 Å². The van der Waals surface area contributed by atoms with E-state index < -0.39 is 0 Å². The van der Waals surface area contributed by atoms with Crippen molar-refractivity contribution in [1.29, 1.82) is 0 Å². The van der Waals surface area contributed by atoms with Crippen LogP contribution in [0.25, 0.3) is 0 Å². The van der Waals surface area contributed by atoms with Crippen molar-refractivity contribution < 1.29 is 14.3 Å². The summed E-state index contributed by atoms with van der Waals surface area (Å²) >= 11 is 0. The maximum atomic E-state index is 12.4. The Labute approximate surface area is 134 Å². The molecule has 7 nitrogen and oxygen atoms in total. The van der Waals surface area contributed by atoms with Crippen molar-refractivity contribution in [2.24, 2.45) is 11.8 Å². The Balaban J connectivity index is 1.33. The number of carbonyl (C=O) groups excluding carboxylic acids is 2. The van der Waals surface area contributed by atoms with E-state index in [1.807, 2.05) is 0 Å². The van der Waals surface area contributed by atoms with E-state index in [9.17, 15) is 9.59 Å². The number of ether oxygens (including phenoxy) is 1. The fraction of sp³-hybridized carbons (Fsp3) is 0.688. The Kier molecular flexibility index (Phi) is 3.80. The minimum absolute atomic E-state index is 0.0118. The molecule has 7 heteroatoms. The Morgan fingerprint density at radius 1 is 1.39 bits per heavy atom. The van der Waals surface area contributed by atoms with Gasteiger partial charge in [0, 0.05) is 25.8 Å². The van der Waals surface area contributed by atoms with Gasteiger partial charge in [0.15, 0.2) is 0 Å². The molecule has 0 radical (unpaired) electrons. The third-order valence-electron chi connectivity index (χ3n) is 5.12. The third-order valence-corrected chi connectivity index (χ3v) is 5.12. The van der Waals surface area contributed by atoms with Gasteiger partial charge >= 0.3 is 0 Å². The zero-order chi connectivity index (χ0) is 15.8. The number of aromatic nitrogens is 2. The quantitative estimate of drug-likeness (QED) is 0.849. The number of hydrogen-bond donors (Lipinski definition) is 2. The molecule has 0 aromatic carbocycles. The molecule has 3 fully saturated rings. The molecule has 23 heavy (non-hydrogen) atoms. The van der Waals surface area contributed by atoms with Gasteiger partial charge in [0.2, 0.25) is 5.91 Å². The van der Waals surface area contributed by atoms with Crippen molar-refractivity contribution in [3.8, 4) is 0 Å². The molecule has 3 heterocycles. The molecule has 1 aromatic rings. The average Bonchev–Trinajstić information content (AvgIpc) is 3.07. The number of amides is 2. The maximum Gasteiger partial charge on any atom is 0.271 e. The van der Waals surface area contributed by atoms with Crippen LogP contribution < -0.4 is 5.32 Å². The molecule has 1 aliphatic carbocycles. The highest BCUT2D eigenvalue weighted by Gasteiger charge is 2.43. The molecule has 2 N–H and O–H groups in total. The summed E-state index contributed by atoms with van der Waals surface area (Å²) in [5.74, 6) is 1.01. The Bertz CT molecular complexity index is 584. The highest BCUT2D eigenvalue weighted by atomic mass is 16.5. The topological polar surface area (TPSA) is 87.3 Å². The third kappa shape index (κ3) is 3.10. The van der Waals surface area contributed by atoms with Gasteiger partial charge in [-0.1, -0.05) is 0 Å². The summed E-state index contributed by atoms with van der Waals surface area (Å²) in [7, 11) is 0. The average molecular weight is 318 g/mol. The van der Waals surface area contributed by atoms with Crippen LogP contribution in [0.5, 0.6) is 0 Å². The number of carbonyl (C=O) groups is 2. The predicted molar refractivity (Wildman–Crippen MR) is 81.6 cm³/mol. The monoisotopic (exact) mass is 318 g/mol. The van der Waals surface area contributed by atoms with Crippen molar-refractivity contribution in [2.75, 3.05) is 19.6 Å². The van der Waals surface area contributed by atoms with Gasteiger partial charge in [-0.25, -0.2) is 0 Å². The molecule has 3 atom stereocenters. The van der Waals surface area contributed by atoms with Crippen LogP contribution in [0.4, 0.5) is 0 Å². The second-order valence-corrected chi connectivity index (χ2v) is 6.86. The number of rotatable bonds is 4. The molecular weight excluding hydrogens is 296 g/mol. The van der Waals surface area contributed by atoms with Crippen LogP contribution in [0.2, 0.25) is 0 Å². The lowest BCUT2D eigenvalue weighted by Gasteiger charge is -2.33. The van der Waals surface area contributed by atoms with Crippen molar-refractivity contribution in [2.45, 2.75) is 37.9 Å². The zero-order valence-electron chi connectivity index (χ0n) is 13.0. The summed E-state index contributed by atoms with van der Waals surface area (Å²) in [6.45, 7) is 2.03. The minimum Gasteiger partial charge on any atom is -0.363 e.